The first-order valence-electron chi connectivity index (χ1n) is 7.31. The Morgan fingerprint density at radius 2 is 2.28 bits per heavy atom. The minimum absolute atomic E-state index is 0.198. The van der Waals surface area contributed by atoms with Crippen molar-refractivity contribution in [1.82, 2.24) is 10.2 Å². The summed E-state index contributed by atoms with van der Waals surface area (Å²) >= 11 is 0. The van der Waals surface area contributed by atoms with Gasteiger partial charge < -0.3 is 9.64 Å². The molecule has 2 heterocycles. The van der Waals surface area contributed by atoms with Crippen LogP contribution in [-0.2, 0) is 9.53 Å². The van der Waals surface area contributed by atoms with Crippen LogP contribution in [0, 0.1) is 0 Å². The average molecular weight is 254 g/mol. The second-order valence-electron chi connectivity index (χ2n) is 5.68. The van der Waals surface area contributed by atoms with Crippen molar-refractivity contribution in [2.24, 2.45) is 0 Å². The van der Waals surface area contributed by atoms with Crippen LogP contribution in [0.3, 0.4) is 0 Å². The lowest BCUT2D eigenvalue weighted by Crippen LogP contribution is -2.43. The third kappa shape index (κ3) is 2.54. The summed E-state index contributed by atoms with van der Waals surface area (Å²) in [7, 11) is 0. The van der Waals surface area contributed by atoms with Crippen LogP contribution in [0.2, 0.25) is 0 Å². The highest BCUT2D eigenvalue weighted by Crippen LogP contribution is 2.26. The summed E-state index contributed by atoms with van der Waals surface area (Å²) in [6.45, 7) is 7.93. The van der Waals surface area contributed by atoms with E-state index in [1.807, 2.05) is 11.8 Å². The first-order chi connectivity index (χ1) is 8.60. The lowest BCUT2D eigenvalue weighted by Gasteiger charge is -2.24. The fourth-order valence-corrected chi connectivity index (χ4v) is 2.95. The van der Waals surface area contributed by atoms with E-state index >= 15 is 0 Å². The molecule has 0 bridgehead atoms. The van der Waals surface area contributed by atoms with Crippen LogP contribution in [0.1, 0.15) is 52.9 Å². The zero-order chi connectivity index (χ0) is 13.2. The Labute approximate surface area is 110 Å². The van der Waals surface area contributed by atoms with E-state index in [9.17, 15) is 4.79 Å². The van der Waals surface area contributed by atoms with E-state index in [1.165, 1.54) is 6.42 Å². The maximum absolute atomic E-state index is 12.5. The minimum atomic E-state index is -0.364. The van der Waals surface area contributed by atoms with Crippen molar-refractivity contribution in [3.05, 3.63) is 0 Å². The van der Waals surface area contributed by atoms with E-state index in [1.54, 1.807) is 0 Å². The first kappa shape index (κ1) is 13.8. The molecule has 2 aliphatic heterocycles. The van der Waals surface area contributed by atoms with Gasteiger partial charge in [-0.25, -0.2) is 0 Å². The van der Waals surface area contributed by atoms with E-state index in [4.69, 9.17) is 4.74 Å². The van der Waals surface area contributed by atoms with Crippen molar-refractivity contribution < 1.29 is 9.53 Å². The van der Waals surface area contributed by atoms with Crippen molar-refractivity contribution in [2.75, 3.05) is 13.2 Å². The second kappa shape index (κ2) is 5.57. The van der Waals surface area contributed by atoms with Crippen molar-refractivity contribution in [2.45, 2.75) is 70.7 Å². The van der Waals surface area contributed by atoms with Gasteiger partial charge in [-0.2, -0.15) is 0 Å². The van der Waals surface area contributed by atoms with E-state index < -0.39 is 0 Å². The maximum Gasteiger partial charge on any atom is 0.243 e. The van der Waals surface area contributed by atoms with Crippen molar-refractivity contribution in [3.8, 4) is 0 Å². The fraction of sp³-hybridized carbons (Fsp3) is 0.929. The van der Waals surface area contributed by atoms with Crippen LogP contribution in [-0.4, -0.2) is 41.8 Å². The van der Waals surface area contributed by atoms with Gasteiger partial charge in [0.25, 0.3) is 0 Å². The van der Waals surface area contributed by atoms with Gasteiger partial charge in [0.1, 0.15) is 0 Å². The van der Waals surface area contributed by atoms with E-state index in [0.29, 0.717) is 6.10 Å². The zero-order valence-electron chi connectivity index (χ0n) is 11.9. The standard InChI is InChI=1S/C14H26N2O2/c1-4-12-15-14(3,5-2)13(17)16(12)9-8-11-7-6-10-18-11/h11-12,15H,4-10H2,1-3H3. The quantitative estimate of drug-likeness (QED) is 0.814. The molecule has 1 N–H and O–H groups in total. The smallest absolute Gasteiger partial charge is 0.243 e. The number of nitrogens with one attached hydrogen (secondary N) is 1. The van der Waals surface area contributed by atoms with Crippen LogP contribution in [0.15, 0.2) is 0 Å². The number of hydrogen-bond acceptors (Lipinski definition) is 3. The number of ether oxygens (including phenoxy) is 1. The third-order valence-corrected chi connectivity index (χ3v) is 4.40. The van der Waals surface area contributed by atoms with E-state index in [-0.39, 0.29) is 17.6 Å². The van der Waals surface area contributed by atoms with Crippen molar-refractivity contribution in [1.29, 1.82) is 0 Å². The van der Waals surface area contributed by atoms with Crippen LogP contribution >= 0.6 is 0 Å². The molecule has 0 spiro atoms. The first-order valence-corrected chi connectivity index (χ1v) is 7.31. The monoisotopic (exact) mass is 254 g/mol. The predicted molar refractivity (Wildman–Crippen MR) is 71.2 cm³/mol. The molecule has 104 valence electrons. The average Bonchev–Trinajstić information content (AvgIpc) is 2.96. The summed E-state index contributed by atoms with van der Waals surface area (Å²) in [5, 5.41) is 3.48. The fourth-order valence-electron chi connectivity index (χ4n) is 2.95. The predicted octanol–water partition coefficient (Wildman–Crippen LogP) is 1.89. The lowest BCUT2D eigenvalue weighted by molar-refractivity contribution is -0.133. The molecular weight excluding hydrogens is 228 g/mol. The molecular formula is C14H26N2O2. The molecule has 2 rings (SSSR count). The highest BCUT2D eigenvalue weighted by Gasteiger charge is 2.45. The molecule has 4 nitrogen and oxygen atoms in total. The SMILES string of the molecule is CCC1NC(C)(CC)C(=O)N1CCC1CCCO1. The largest absolute Gasteiger partial charge is 0.378 e. The van der Waals surface area contributed by atoms with Gasteiger partial charge in [0.2, 0.25) is 5.91 Å². The summed E-state index contributed by atoms with van der Waals surface area (Å²) in [6, 6.07) is 0. The van der Waals surface area contributed by atoms with E-state index in [0.717, 1.165) is 38.8 Å². The summed E-state index contributed by atoms with van der Waals surface area (Å²) in [5.74, 6) is 0.259. The molecule has 4 heteroatoms. The molecule has 0 radical (unpaired) electrons. The summed E-state index contributed by atoms with van der Waals surface area (Å²) in [5.41, 5.74) is -0.364. The molecule has 2 fully saturated rings. The van der Waals surface area contributed by atoms with Gasteiger partial charge in [-0.1, -0.05) is 13.8 Å². The molecule has 0 saturated carbocycles. The Hall–Kier alpha value is -0.610. The minimum Gasteiger partial charge on any atom is -0.378 e. The van der Waals surface area contributed by atoms with Gasteiger partial charge in [0.05, 0.1) is 17.8 Å². The molecule has 2 aliphatic rings. The number of nitrogens with zero attached hydrogens (tertiary/aromatic N) is 1. The third-order valence-electron chi connectivity index (χ3n) is 4.40. The van der Waals surface area contributed by atoms with Crippen molar-refractivity contribution >= 4 is 5.91 Å². The van der Waals surface area contributed by atoms with Gasteiger partial charge in [-0.3, -0.25) is 10.1 Å². The molecule has 0 aromatic heterocycles. The topological polar surface area (TPSA) is 41.6 Å². The zero-order valence-corrected chi connectivity index (χ0v) is 11.9. The number of carbonyl (C=O) groups is 1. The molecule has 2 saturated heterocycles. The molecule has 0 aliphatic carbocycles. The van der Waals surface area contributed by atoms with E-state index in [2.05, 4.69) is 19.2 Å². The lowest BCUT2D eigenvalue weighted by atomic mass is 9.99. The maximum atomic E-state index is 12.5. The van der Waals surface area contributed by atoms with Gasteiger partial charge in [0.15, 0.2) is 0 Å². The Morgan fingerprint density at radius 3 is 2.83 bits per heavy atom. The summed E-state index contributed by atoms with van der Waals surface area (Å²) in [6.07, 6.45) is 5.67. The Kier molecular flexibility index (Phi) is 4.28. The Bertz CT molecular complexity index is 302. The van der Waals surface area contributed by atoms with Crippen molar-refractivity contribution in [3.63, 3.8) is 0 Å². The van der Waals surface area contributed by atoms with Gasteiger partial charge >= 0.3 is 0 Å². The van der Waals surface area contributed by atoms with Crippen LogP contribution < -0.4 is 5.32 Å². The summed E-state index contributed by atoms with van der Waals surface area (Å²) in [4.78, 5) is 14.5. The number of carbonyl (C=O) groups excluding carboxylic acids is 1. The van der Waals surface area contributed by atoms with Gasteiger partial charge in [-0.15, -0.1) is 0 Å². The molecule has 0 aromatic carbocycles. The highest BCUT2D eigenvalue weighted by molar-refractivity contribution is 5.88. The van der Waals surface area contributed by atoms with Crippen LogP contribution in [0.4, 0.5) is 0 Å². The Morgan fingerprint density at radius 1 is 1.50 bits per heavy atom. The second-order valence-corrected chi connectivity index (χ2v) is 5.68. The molecule has 0 aromatic rings. The van der Waals surface area contributed by atoms with Crippen LogP contribution in [0.25, 0.3) is 0 Å². The number of amides is 1. The normalized spacial score (nSPS) is 36.6. The van der Waals surface area contributed by atoms with Gasteiger partial charge in [0, 0.05) is 13.2 Å². The number of hydrogen-bond donors (Lipinski definition) is 1. The number of rotatable bonds is 5. The molecule has 3 atom stereocenters. The molecule has 18 heavy (non-hydrogen) atoms. The molecule has 3 unspecified atom stereocenters. The molecule has 1 amide bonds. The Balaban J connectivity index is 1.94. The van der Waals surface area contributed by atoms with Crippen LogP contribution in [0.5, 0.6) is 0 Å². The highest BCUT2D eigenvalue weighted by atomic mass is 16.5. The summed E-state index contributed by atoms with van der Waals surface area (Å²) < 4.78 is 5.64. The van der Waals surface area contributed by atoms with Gasteiger partial charge in [-0.05, 0) is 39.0 Å².